The van der Waals surface area contributed by atoms with Gasteiger partial charge in [0.25, 0.3) is 0 Å². The van der Waals surface area contributed by atoms with E-state index in [4.69, 9.17) is 4.74 Å². The lowest BCUT2D eigenvalue weighted by Crippen LogP contribution is -2.45. The number of carbonyl (C=O) groups is 2. The molecular weight excluding hydrogens is 899 g/mol. The Labute approximate surface area is 456 Å². The summed E-state index contributed by atoms with van der Waals surface area (Å²) >= 11 is 0. The maximum absolute atomic E-state index is 12.5. The van der Waals surface area contributed by atoms with Crippen molar-refractivity contribution < 1.29 is 24.5 Å². The molecule has 0 bridgehead atoms. The van der Waals surface area contributed by atoms with Crippen LogP contribution in [-0.4, -0.2) is 47.4 Å². The van der Waals surface area contributed by atoms with Crippen LogP contribution >= 0.6 is 0 Å². The number of carbonyl (C=O) groups excluding carboxylic acids is 2. The number of hydrogen-bond donors (Lipinski definition) is 3. The highest BCUT2D eigenvalue weighted by molar-refractivity contribution is 5.76. The molecule has 6 nitrogen and oxygen atoms in total. The predicted molar refractivity (Wildman–Crippen MR) is 320 cm³/mol. The molecule has 0 aliphatic heterocycles. The van der Waals surface area contributed by atoms with Crippen molar-refractivity contribution in [3.8, 4) is 0 Å². The van der Waals surface area contributed by atoms with Gasteiger partial charge in [-0.3, -0.25) is 9.59 Å². The van der Waals surface area contributed by atoms with Gasteiger partial charge in [-0.2, -0.15) is 0 Å². The second-order valence-corrected chi connectivity index (χ2v) is 22.8. The molecule has 0 aromatic heterocycles. The number of esters is 1. The second-order valence-electron chi connectivity index (χ2n) is 22.8. The summed E-state index contributed by atoms with van der Waals surface area (Å²) in [7, 11) is 0. The van der Waals surface area contributed by atoms with Gasteiger partial charge in [-0.15, -0.1) is 0 Å². The highest BCUT2D eigenvalue weighted by atomic mass is 16.5. The van der Waals surface area contributed by atoms with E-state index in [0.717, 1.165) is 83.5 Å². The van der Waals surface area contributed by atoms with Crippen molar-refractivity contribution in [1.29, 1.82) is 0 Å². The Kier molecular flexibility index (Phi) is 61.4. The minimum absolute atomic E-state index is 0.0122. The summed E-state index contributed by atoms with van der Waals surface area (Å²) < 4.78 is 5.46. The Morgan fingerprint density at radius 2 is 0.685 bits per heavy atom. The van der Waals surface area contributed by atoms with Crippen molar-refractivity contribution >= 4 is 11.9 Å². The first-order chi connectivity index (χ1) is 36.0. The molecule has 0 heterocycles. The number of aliphatic hydroxyl groups is 2. The third-order valence-corrected chi connectivity index (χ3v) is 15.5. The van der Waals surface area contributed by atoms with Crippen LogP contribution in [-0.2, 0) is 14.3 Å². The van der Waals surface area contributed by atoms with Gasteiger partial charge in [-0.05, 0) is 64.2 Å². The Hall–Kier alpha value is -1.66. The zero-order chi connectivity index (χ0) is 52.9. The predicted octanol–water partition coefficient (Wildman–Crippen LogP) is 21.0. The van der Waals surface area contributed by atoms with Crippen molar-refractivity contribution in [3.63, 3.8) is 0 Å². The van der Waals surface area contributed by atoms with Gasteiger partial charge in [0.05, 0.1) is 25.4 Å². The minimum atomic E-state index is -0.676. The van der Waals surface area contributed by atoms with Gasteiger partial charge in [0.15, 0.2) is 0 Å². The molecule has 0 fully saturated rings. The molecule has 0 spiro atoms. The van der Waals surface area contributed by atoms with Crippen LogP contribution in [0.3, 0.4) is 0 Å². The molecule has 1 amide bonds. The lowest BCUT2D eigenvalue weighted by molar-refractivity contribution is -0.143. The maximum Gasteiger partial charge on any atom is 0.305 e. The van der Waals surface area contributed by atoms with Gasteiger partial charge in [0.2, 0.25) is 5.91 Å². The Bertz CT molecular complexity index is 1140. The summed E-state index contributed by atoms with van der Waals surface area (Å²) in [4.78, 5) is 24.6. The third kappa shape index (κ3) is 59.4. The van der Waals surface area contributed by atoms with Crippen LogP contribution < -0.4 is 5.32 Å². The first kappa shape index (κ1) is 71.3. The zero-order valence-corrected chi connectivity index (χ0v) is 49.4. The number of ether oxygens (including phenoxy) is 1. The molecule has 0 aromatic carbocycles. The van der Waals surface area contributed by atoms with E-state index in [9.17, 15) is 19.8 Å². The SMILES string of the molecule is CCCCCCCCCCCCCCCCCCCCCCCCCCCC(O)C(CO)NC(=O)CCCCCCCCC/C=C\C/C=C\CCCCCOC(=O)CCCCCCCCCCCCCCCC. The number of nitrogens with one attached hydrogen (secondary N) is 1. The van der Waals surface area contributed by atoms with Crippen LogP contribution in [0, 0.1) is 0 Å². The highest BCUT2D eigenvalue weighted by Crippen LogP contribution is 2.18. The molecule has 432 valence electrons. The maximum atomic E-state index is 12.5. The fraction of sp³-hybridized carbons (Fsp3) is 0.910. The summed E-state index contributed by atoms with van der Waals surface area (Å²) in [5.41, 5.74) is 0. The van der Waals surface area contributed by atoms with Crippen LogP contribution in [0.15, 0.2) is 24.3 Å². The highest BCUT2D eigenvalue weighted by Gasteiger charge is 2.20. The van der Waals surface area contributed by atoms with Crippen molar-refractivity contribution in [2.45, 2.75) is 379 Å². The summed E-state index contributed by atoms with van der Waals surface area (Å²) in [5, 5.41) is 23.4. The molecule has 0 radical (unpaired) electrons. The van der Waals surface area contributed by atoms with E-state index in [1.165, 1.54) is 250 Å². The van der Waals surface area contributed by atoms with E-state index < -0.39 is 12.1 Å². The van der Waals surface area contributed by atoms with Crippen LogP contribution in [0.2, 0.25) is 0 Å². The monoisotopic (exact) mass is 1030 g/mol. The second kappa shape index (κ2) is 62.9. The molecule has 0 aliphatic rings. The van der Waals surface area contributed by atoms with Gasteiger partial charge in [-0.25, -0.2) is 0 Å². The van der Waals surface area contributed by atoms with E-state index in [0.29, 0.717) is 25.9 Å². The van der Waals surface area contributed by atoms with E-state index in [2.05, 4.69) is 43.5 Å². The van der Waals surface area contributed by atoms with Crippen LogP contribution in [0.5, 0.6) is 0 Å². The molecule has 0 saturated heterocycles. The molecule has 6 heteroatoms. The molecule has 3 N–H and O–H groups in total. The molecular formula is C67H129NO5. The number of amides is 1. The first-order valence-electron chi connectivity index (χ1n) is 33.1. The van der Waals surface area contributed by atoms with E-state index in [1.54, 1.807) is 0 Å². The van der Waals surface area contributed by atoms with Gasteiger partial charge < -0.3 is 20.3 Å². The van der Waals surface area contributed by atoms with Gasteiger partial charge >= 0.3 is 5.97 Å². The summed E-state index contributed by atoms with van der Waals surface area (Å²) in [5.74, 6) is -0.0590. The largest absolute Gasteiger partial charge is 0.466 e. The Balaban J connectivity index is 3.47. The normalized spacial score (nSPS) is 12.7. The fourth-order valence-electron chi connectivity index (χ4n) is 10.4. The third-order valence-electron chi connectivity index (χ3n) is 15.5. The topological polar surface area (TPSA) is 95.9 Å². The fourth-order valence-corrected chi connectivity index (χ4v) is 10.4. The molecule has 2 atom stereocenters. The number of hydrogen-bond acceptors (Lipinski definition) is 5. The average molecular weight is 1030 g/mol. The standard InChI is InChI=1S/C67H129NO5/c1-3-5-7-9-11-13-15-17-19-20-21-22-23-24-25-26-27-29-32-35-39-43-47-51-55-59-65(70)64(63-69)68-66(71)60-56-52-48-44-40-36-33-30-28-31-34-38-42-46-50-54-58-62-73-67(72)61-57-53-49-45-41-37-18-16-14-12-10-8-6-4-2/h28,31,38,42,64-65,69-70H,3-27,29-30,32-37,39-41,43-63H2,1-2H3,(H,68,71)/b31-28-,42-38-. The summed E-state index contributed by atoms with van der Waals surface area (Å²) in [6.07, 6.45) is 77.7. The minimum Gasteiger partial charge on any atom is -0.466 e. The number of allylic oxidation sites excluding steroid dienone is 4. The van der Waals surface area contributed by atoms with Gasteiger partial charge in [-0.1, -0.05) is 314 Å². The lowest BCUT2D eigenvalue weighted by atomic mass is 10.0. The Morgan fingerprint density at radius 1 is 0.384 bits per heavy atom. The van der Waals surface area contributed by atoms with Crippen molar-refractivity contribution in [3.05, 3.63) is 24.3 Å². The molecule has 0 aromatic rings. The smallest absolute Gasteiger partial charge is 0.305 e. The molecule has 2 unspecified atom stereocenters. The van der Waals surface area contributed by atoms with Gasteiger partial charge in [0, 0.05) is 12.8 Å². The van der Waals surface area contributed by atoms with Crippen molar-refractivity contribution in [1.82, 2.24) is 5.32 Å². The number of unbranched alkanes of at least 4 members (excludes halogenated alkanes) is 47. The van der Waals surface area contributed by atoms with Crippen molar-refractivity contribution in [2.24, 2.45) is 0 Å². The van der Waals surface area contributed by atoms with Crippen LogP contribution in [0.4, 0.5) is 0 Å². The van der Waals surface area contributed by atoms with Crippen molar-refractivity contribution in [2.75, 3.05) is 13.2 Å². The molecule has 73 heavy (non-hydrogen) atoms. The first-order valence-corrected chi connectivity index (χ1v) is 33.1. The van der Waals surface area contributed by atoms with E-state index >= 15 is 0 Å². The lowest BCUT2D eigenvalue weighted by Gasteiger charge is -2.22. The van der Waals surface area contributed by atoms with Crippen LogP contribution in [0.1, 0.15) is 367 Å². The Morgan fingerprint density at radius 3 is 1.04 bits per heavy atom. The van der Waals surface area contributed by atoms with E-state index in [-0.39, 0.29) is 18.5 Å². The average Bonchev–Trinajstić information content (AvgIpc) is 3.39. The number of aliphatic hydroxyl groups excluding tert-OH is 2. The zero-order valence-electron chi connectivity index (χ0n) is 49.4. The molecule has 0 saturated carbocycles. The molecule has 0 rings (SSSR count). The van der Waals surface area contributed by atoms with Crippen LogP contribution in [0.25, 0.3) is 0 Å². The summed E-state index contributed by atoms with van der Waals surface area (Å²) in [6, 6.07) is -0.555. The number of rotatable bonds is 62. The quantitative estimate of drug-likeness (QED) is 0.0320. The van der Waals surface area contributed by atoms with Gasteiger partial charge in [0.1, 0.15) is 0 Å². The molecule has 0 aliphatic carbocycles. The van der Waals surface area contributed by atoms with E-state index in [1.807, 2.05) is 0 Å². The summed E-state index contributed by atoms with van der Waals surface area (Å²) in [6.45, 7) is 4.94.